The molecule has 0 aromatic heterocycles. The third-order valence-corrected chi connectivity index (χ3v) is 10.5. The zero-order valence-electron chi connectivity index (χ0n) is 31.0. The van der Waals surface area contributed by atoms with Crippen LogP contribution in [-0.4, -0.2) is 0 Å². The van der Waals surface area contributed by atoms with Crippen molar-refractivity contribution in [3.05, 3.63) is 124 Å². The lowest BCUT2D eigenvalue weighted by Crippen LogP contribution is -2.25. The van der Waals surface area contributed by atoms with Crippen LogP contribution in [0.25, 0.3) is 21.9 Å². The molecule has 0 saturated heterocycles. The minimum atomic E-state index is -2.21. The predicted octanol–water partition coefficient (Wildman–Crippen LogP) is 12.2. The molecule has 7 rings (SSSR count). The number of rotatable bonds is 3. The van der Waals surface area contributed by atoms with Crippen molar-refractivity contribution in [2.75, 3.05) is 4.90 Å². The van der Waals surface area contributed by atoms with Crippen LogP contribution >= 0.6 is 0 Å². The van der Waals surface area contributed by atoms with Gasteiger partial charge in [0.05, 0.1) is 0 Å². The number of hydrogen-bond acceptors (Lipinski definition) is 1. The minimum Gasteiger partial charge on any atom is -0.310 e. The van der Waals surface area contributed by atoms with E-state index >= 15 is 0 Å². The molecule has 0 bridgehead atoms. The van der Waals surface area contributed by atoms with E-state index in [1.165, 1.54) is 38.9 Å². The fourth-order valence-corrected chi connectivity index (χ4v) is 7.72. The second kappa shape index (κ2) is 9.10. The van der Waals surface area contributed by atoms with Gasteiger partial charge in [0, 0.05) is 32.0 Å². The summed E-state index contributed by atoms with van der Waals surface area (Å²) < 4.78 is 25.5. The molecule has 0 atom stereocenters. The van der Waals surface area contributed by atoms with Crippen LogP contribution in [0.2, 0.25) is 0 Å². The first kappa shape index (κ1) is 25.5. The van der Waals surface area contributed by atoms with Crippen molar-refractivity contribution in [3.63, 3.8) is 0 Å². The second-order valence-corrected chi connectivity index (χ2v) is 16.2. The molecular formula is C43H47N. The summed E-state index contributed by atoms with van der Waals surface area (Å²) in [5.74, 6) is 0. The van der Waals surface area contributed by atoms with E-state index in [0.29, 0.717) is 5.56 Å². The molecule has 2 aliphatic rings. The minimum absolute atomic E-state index is 0.0571. The van der Waals surface area contributed by atoms with Crippen LogP contribution in [0.15, 0.2) is 84.9 Å². The monoisotopic (exact) mass is 580 g/mol. The van der Waals surface area contributed by atoms with Crippen molar-refractivity contribution >= 4 is 27.8 Å². The molecule has 0 unspecified atom stereocenters. The number of hydrogen-bond donors (Lipinski definition) is 0. The van der Waals surface area contributed by atoms with E-state index in [2.05, 4.69) is 141 Å². The molecule has 2 aliphatic carbocycles. The molecule has 1 heteroatoms. The zero-order valence-corrected chi connectivity index (χ0v) is 28.0. The van der Waals surface area contributed by atoms with Gasteiger partial charge in [-0.1, -0.05) is 118 Å². The Hall–Kier alpha value is -3.84. The first-order chi connectivity index (χ1) is 21.7. The molecule has 0 radical (unpaired) electrons. The van der Waals surface area contributed by atoms with Crippen molar-refractivity contribution < 1.29 is 4.11 Å². The maximum atomic E-state index is 8.51. The largest absolute Gasteiger partial charge is 0.310 e. The van der Waals surface area contributed by atoms with Crippen molar-refractivity contribution in [1.29, 1.82) is 0 Å². The van der Waals surface area contributed by atoms with Gasteiger partial charge in [-0.05, 0) is 115 Å². The highest BCUT2D eigenvalue weighted by Gasteiger charge is 2.45. The summed E-state index contributed by atoms with van der Waals surface area (Å²) in [4.78, 5) is 2.40. The summed E-state index contributed by atoms with van der Waals surface area (Å²) in [7, 11) is 0. The molecule has 44 heavy (non-hydrogen) atoms. The first-order valence-electron chi connectivity index (χ1n) is 17.5. The maximum absolute atomic E-state index is 8.51. The van der Waals surface area contributed by atoms with Gasteiger partial charge in [0.2, 0.25) is 0 Å². The van der Waals surface area contributed by atoms with Crippen LogP contribution in [0.4, 0.5) is 17.1 Å². The van der Waals surface area contributed by atoms with Crippen LogP contribution in [0.5, 0.6) is 0 Å². The molecule has 0 fully saturated rings. The average molecular weight is 581 g/mol. The average Bonchev–Trinajstić information content (AvgIpc) is 3.21. The van der Waals surface area contributed by atoms with Gasteiger partial charge in [-0.25, -0.2) is 0 Å². The fraction of sp³-hybridized carbons (Fsp3) is 0.349. The highest BCUT2D eigenvalue weighted by Crippen LogP contribution is 2.61. The molecule has 0 saturated carbocycles. The van der Waals surface area contributed by atoms with Crippen LogP contribution in [0.1, 0.15) is 112 Å². The zero-order chi connectivity index (χ0) is 34.1. The summed E-state index contributed by atoms with van der Waals surface area (Å²) in [5, 5.41) is 1.97. The Bertz CT molecular complexity index is 2010. The number of anilines is 3. The SMILES string of the molecule is [2H]C([2H])([2H])c1cc2c3c4c(cccc14)C(C)(C)c1cc(N(c4ccc(C(C)(C)C)cc4)c4ccc(C(C)(C)C)cc4)cc(c1-3)C2(C)C. The van der Waals surface area contributed by atoms with E-state index in [-0.39, 0.29) is 21.7 Å². The predicted molar refractivity (Wildman–Crippen MR) is 190 cm³/mol. The Balaban J connectivity index is 1.52. The Morgan fingerprint density at radius 3 is 1.50 bits per heavy atom. The van der Waals surface area contributed by atoms with Crippen LogP contribution in [0, 0.1) is 6.85 Å². The van der Waals surface area contributed by atoms with Gasteiger partial charge >= 0.3 is 0 Å². The van der Waals surface area contributed by atoms with Gasteiger partial charge in [-0.2, -0.15) is 0 Å². The van der Waals surface area contributed by atoms with E-state index in [1.807, 2.05) is 18.2 Å². The Kier molecular flexibility index (Phi) is 5.27. The van der Waals surface area contributed by atoms with E-state index in [1.54, 1.807) is 0 Å². The van der Waals surface area contributed by atoms with Gasteiger partial charge in [0.15, 0.2) is 0 Å². The molecule has 0 amide bonds. The molecular weight excluding hydrogens is 530 g/mol. The Labute approximate surface area is 269 Å². The van der Waals surface area contributed by atoms with Crippen LogP contribution < -0.4 is 4.90 Å². The Morgan fingerprint density at radius 1 is 0.545 bits per heavy atom. The molecule has 0 N–H and O–H groups in total. The van der Waals surface area contributed by atoms with Crippen molar-refractivity contribution in [1.82, 2.24) is 0 Å². The molecule has 0 aliphatic heterocycles. The van der Waals surface area contributed by atoms with Crippen LogP contribution in [-0.2, 0) is 21.7 Å². The Morgan fingerprint density at radius 2 is 1.02 bits per heavy atom. The summed E-state index contributed by atoms with van der Waals surface area (Å²) in [6, 6.07) is 31.1. The van der Waals surface area contributed by atoms with Gasteiger partial charge in [0.1, 0.15) is 0 Å². The van der Waals surface area contributed by atoms with E-state index in [4.69, 9.17) is 4.11 Å². The molecule has 5 aromatic carbocycles. The molecule has 224 valence electrons. The summed E-state index contributed by atoms with van der Waals surface area (Å²) >= 11 is 0. The van der Waals surface area contributed by atoms with Gasteiger partial charge in [0.25, 0.3) is 0 Å². The number of aryl methyl sites for hydroxylation is 1. The lowest BCUT2D eigenvalue weighted by Gasteiger charge is -2.37. The van der Waals surface area contributed by atoms with E-state index in [9.17, 15) is 0 Å². The topological polar surface area (TPSA) is 3.24 Å². The summed E-state index contributed by atoms with van der Waals surface area (Å²) in [6.45, 7) is 20.5. The quantitative estimate of drug-likeness (QED) is 0.205. The molecule has 1 nitrogen and oxygen atoms in total. The van der Waals surface area contributed by atoms with Crippen molar-refractivity contribution in [2.24, 2.45) is 0 Å². The smallest absolute Gasteiger partial charge is 0.0468 e. The van der Waals surface area contributed by atoms with Crippen molar-refractivity contribution in [2.45, 2.75) is 97.7 Å². The van der Waals surface area contributed by atoms with Gasteiger partial charge < -0.3 is 4.90 Å². The van der Waals surface area contributed by atoms with E-state index < -0.39 is 6.85 Å². The lowest BCUT2D eigenvalue weighted by molar-refractivity contribution is 0.590. The normalized spacial score (nSPS) is 17.3. The number of benzene rings is 5. The van der Waals surface area contributed by atoms with E-state index in [0.717, 1.165) is 33.4 Å². The van der Waals surface area contributed by atoms with Gasteiger partial charge in [-0.3, -0.25) is 0 Å². The molecule has 0 heterocycles. The highest BCUT2D eigenvalue weighted by molar-refractivity contribution is 6.09. The van der Waals surface area contributed by atoms with Crippen LogP contribution in [0.3, 0.4) is 0 Å². The van der Waals surface area contributed by atoms with Crippen molar-refractivity contribution in [3.8, 4) is 11.1 Å². The number of nitrogens with zero attached hydrogens (tertiary/aromatic N) is 1. The standard InChI is InChI=1S/C43H47N/c1-26-23-34-39-37-32(26)13-12-14-33(37)42(8,9)35-24-31(25-36(38(35)39)43(34,10)11)44(29-19-15-27(16-20-29)40(2,3)4)30-21-17-28(18-22-30)41(5,6)7/h12-25H,1-11H3/i1D3. The summed E-state index contributed by atoms with van der Waals surface area (Å²) in [6.07, 6.45) is 0. The fourth-order valence-electron chi connectivity index (χ4n) is 7.72. The molecule has 5 aromatic rings. The maximum Gasteiger partial charge on any atom is 0.0468 e. The second-order valence-electron chi connectivity index (χ2n) is 16.2. The summed E-state index contributed by atoms with van der Waals surface area (Å²) in [5.41, 5.74) is 13.2. The highest BCUT2D eigenvalue weighted by atomic mass is 15.1. The van der Waals surface area contributed by atoms with Gasteiger partial charge in [-0.15, -0.1) is 0 Å². The third-order valence-electron chi connectivity index (χ3n) is 10.5. The first-order valence-corrected chi connectivity index (χ1v) is 16.0. The molecule has 0 spiro atoms. The lowest BCUT2D eigenvalue weighted by atomic mass is 9.68. The third kappa shape index (κ3) is 4.04.